The molecule has 3 aromatic carbocycles. The van der Waals surface area contributed by atoms with Crippen LogP contribution in [0.25, 0.3) is 0 Å². The number of ketones is 1. The lowest BCUT2D eigenvalue weighted by atomic mass is 9.81. The summed E-state index contributed by atoms with van der Waals surface area (Å²) in [5.74, 6) is 0.0460. The number of carbonyl (C=O) groups is 1. The number of pyridine rings is 1. The molecule has 1 heterocycles. The first kappa shape index (κ1) is 21.6. The highest BCUT2D eigenvalue weighted by molar-refractivity contribution is 5.94. The predicted octanol–water partition coefficient (Wildman–Crippen LogP) is 1.15. The molecule has 0 spiro atoms. The zero-order valence-corrected chi connectivity index (χ0v) is 17.9. The highest BCUT2D eigenvalue weighted by atomic mass is 79.9. The van der Waals surface area contributed by atoms with E-state index in [-0.39, 0.29) is 29.3 Å². The highest BCUT2D eigenvalue weighted by Crippen LogP contribution is 2.35. The average Bonchev–Trinajstić information content (AvgIpc) is 2.81. The Morgan fingerprint density at radius 3 is 1.53 bits per heavy atom. The van der Waals surface area contributed by atoms with E-state index in [9.17, 15) is 9.90 Å². The van der Waals surface area contributed by atoms with Crippen molar-refractivity contribution in [2.75, 3.05) is 0 Å². The zero-order chi connectivity index (χ0) is 20.1. The van der Waals surface area contributed by atoms with Gasteiger partial charge in [-0.1, -0.05) is 91.0 Å². The van der Waals surface area contributed by atoms with Crippen LogP contribution in [0, 0.1) is 0 Å². The van der Waals surface area contributed by atoms with E-state index in [1.165, 1.54) is 0 Å². The standard InChI is InChI=1S/C26H22NO2.BrH/c28-25(21-10-4-1-5-11-21)20-27-18-16-24(17-19-27)26(29,22-12-6-2-7-13-22)23-14-8-3-9-15-23;/h1-19,29H,20H2;1H/q+1;/p-1. The summed E-state index contributed by atoms with van der Waals surface area (Å²) in [7, 11) is 0. The maximum absolute atomic E-state index is 12.5. The van der Waals surface area contributed by atoms with Crippen LogP contribution in [0.1, 0.15) is 27.0 Å². The van der Waals surface area contributed by atoms with Crippen molar-refractivity contribution in [2.45, 2.75) is 12.1 Å². The molecular weight excluding hydrogens is 438 g/mol. The number of aliphatic hydroxyl groups is 1. The molecule has 0 aliphatic heterocycles. The van der Waals surface area contributed by atoms with Crippen molar-refractivity contribution >= 4 is 5.78 Å². The van der Waals surface area contributed by atoms with Crippen LogP contribution >= 0.6 is 0 Å². The summed E-state index contributed by atoms with van der Waals surface area (Å²) in [5.41, 5.74) is 1.76. The number of carbonyl (C=O) groups excluding carboxylic acids is 1. The van der Waals surface area contributed by atoms with E-state index in [2.05, 4.69) is 0 Å². The molecule has 0 saturated carbocycles. The summed E-state index contributed by atoms with van der Waals surface area (Å²) in [6.07, 6.45) is 3.68. The van der Waals surface area contributed by atoms with Gasteiger partial charge in [-0.3, -0.25) is 4.79 Å². The van der Waals surface area contributed by atoms with Crippen molar-refractivity contribution < 1.29 is 31.4 Å². The minimum atomic E-state index is -1.27. The third-order valence-corrected chi connectivity index (χ3v) is 5.11. The van der Waals surface area contributed by atoms with Crippen molar-refractivity contribution in [1.82, 2.24) is 0 Å². The van der Waals surface area contributed by atoms with Crippen LogP contribution in [-0.4, -0.2) is 10.9 Å². The Hall–Kier alpha value is -3.08. The van der Waals surface area contributed by atoms with Crippen LogP contribution in [-0.2, 0) is 12.1 Å². The normalized spacial score (nSPS) is 10.8. The number of hydrogen-bond acceptors (Lipinski definition) is 2. The fourth-order valence-electron chi connectivity index (χ4n) is 3.54. The topological polar surface area (TPSA) is 41.2 Å². The molecule has 0 bridgehead atoms. The van der Waals surface area contributed by atoms with Gasteiger partial charge in [-0.05, 0) is 11.1 Å². The summed E-state index contributed by atoms with van der Waals surface area (Å²) in [6.45, 7) is 0.249. The molecule has 4 heteroatoms. The largest absolute Gasteiger partial charge is 1.00 e. The summed E-state index contributed by atoms with van der Waals surface area (Å²) in [4.78, 5) is 12.5. The fraction of sp³-hybridized carbons (Fsp3) is 0.0769. The molecule has 4 rings (SSSR count). The Bertz CT molecular complexity index is 1040. The van der Waals surface area contributed by atoms with Gasteiger partial charge < -0.3 is 22.1 Å². The molecule has 0 amide bonds. The van der Waals surface area contributed by atoms with Gasteiger partial charge in [0.1, 0.15) is 5.60 Å². The van der Waals surface area contributed by atoms with E-state index in [0.29, 0.717) is 5.56 Å². The Kier molecular flexibility index (Phi) is 6.93. The summed E-state index contributed by atoms with van der Waals surface area (Å²) < 4.78 is 1.83. The smallest absolute Gasteiger partial charge is 0.227 e. The van der Waals surface area contributed by atoms with E-state index in [4.69, 9.17) is 0 Å². The Labute approximate surface area is 187 Å². The molecule has 0 aliphatic carbocycles. The quantitative estimate of drug-likeness (QED) is 0.347. The second kappa shape index (κ2) is 9.61. The third-order valence-electron chi connectivity index (χ3n) is 5.11. The van der Waals surface area contributed by atoms with Crippen LogP contribution in [0.3, 0.4) is 0 Å². The molecule has 0 radical (unpaired) electrons. The lowest BCUT2D eigenvalue weighted by molar-refractivity contribution is -0.683. The molecule has 1 aromatic heterocycles. The van der Waals surface area contributed by atoms with Crippen molar-refractivity contribution in [3.05, 3.63) is 138 Å². The van der Waals surface area contributed by atoms with E-state index in [0.717, 1.165) is 16.7 Å². The molecular formula is C26H22BrNO2. The summed E-state index contributed by atoms with van der Waals surface area (Å²) in [6, 6.07) is 32.3. The van der Waals surface area contributed by atoms with Crippen molar-refractivity contribution in [1.29, 1.82) is 0 Å². The van der Waals surface area contributed by atoms with Crippen LogP contribution in [0.15, 0.2) is 116 Å². The van der Waals surface area contributed by atoms with Gasteiger partial charge in [0.15, 0.2) is 12.4 Å². The molecule has 3 nitrogen and oxygen atoms in total. The summed E-state index contributed by atoms with van der Waals surface area (Å²) >= 11 is 0. The SMILES string of the molecule is O=C(C[n+]1ccc(C(O)(c2ccccc2)c2ccccc2)cc1)c1ccccc1.[Br-]. The van der Waals surface area contributed by atoms with Gasteiger partial charge in [-0.25, -0.2) is 0 Å². The molecule has 0 fully saturated rings. The molecule has 0 aliphatic rings. The van der Waals surface area contributed by atoms with Crippen molar-refractivity contribution in [3.63, 3.8) is 0 Å². The lowest BCUT2D eigenvalue weighted by Crippen LogP contribution is -3.00. The number of rotatable bonds is 6. The van der Waals surface area contributed by atoms with Gasteiger partial charge in [0.25, 0.3) is 0 Å². The Morgan fingerprint density at radius 1 is 0.667 bits per heavy atom. The first-order valence-electron chi connectivity index (χ1n) is 9.59. The molecule has 1 N–H and O–H groups in total. The van der Waals surface area contributed by atoms with E-state index in [1.807, 2.05) is 120 Å². The zero-order valence-electron chi connectivity index (χ0n) is 16.4. The van der Waals surface area contributed by atoms with Gasteiger partial charge in [0.05, 0.1) is 0 Å². The third kappa shape index (κ3) is 4.40. The van der Waals surface area contributed by atoms with Crippen LogP contribution in [0.4, 0.5) is 0 Å². The lowest BCUT2D eigenvalue weighted by Gasteiger charge is -2.29. The van der Waals surface area contributed by atoms with Gasteiger partial charge in [0, 0.05) is 23.3 Å². The number of benzene rings is 3. The van der Waals surface area contributed by atoms with E-state index >= 15 is 0 Å². The average molecular weight is 460 g/mol. The minimum Gasteiger partial charge on any atom is -1.00 e. The molecule has 0 saturated heterocycles. The first-order valence-corrected chi connectivity index (χ1v) is 9.59. The molecule has 0 unspecified atom stereocenters. The first-order chi connectivity index (χ1) is 14.2. The van der Waals surface area contributed by atoms with Gasteiger partial charge in [0.2, 0.25) is 12.3 Å². The molecule has 150 valence electrons. The molecule has 30 heavy (non-hydrogen) atoms. The maximum atomic E-state index is 12.5. The fourth-order valence-corrected chi connectivity index (χ4v) is 3.54. The Balaban J connectivity index is 0.00000256. The van der Waals surface area contributed by atoms with Gasteiger partial charge >= 0.3 is 0 Å². The van der Waals surface area contributed by atoms with Crippen LogP contribution in [0.5, 0.6) is 0 Å². The number of hydrogen-bond donors (Lipinski definition) is 1. The van der Waals surface area contributed by atoms with Gasteiger partial charge in [-0.15, -0.1) is 0 Å². The van der Waals surface area contributed by atoms with Crippen molar-refractivity contribution in [2.24, 2.45) is 0 Å². The van der Waals surface area contributed by atoms with Crippen LogP contribution < -0.4 is 21.5 Å². The van der Waals surface area contributed by atoms with Crippen molar-refractivity contribution in [3.8, 4) is 0 Å². The van der Waals surface area contributed by atoms with Crippen LogP contribution in [0.2, 0.25) is 0 Å². The van der Waals surface area contributed by atoms with E-state index < -0.39 is 5.60 Å². The maximum Gasteiger partial charge on any atom is 0.227 e. The monoisotopic (exact) mass is 459 g/mol. The second-order valence-electron chi connectivity index (χ2n) is 6.99. The minimum absolute atomic E-state index is 0. The summed E-state index contributed by atoms with van der Waals surface area (Å²) in [5, 5.41) is 11.8. The molecule has 0 atom stereocenters. The molecule has 4 aromatic rings. The predicted molar refractivity (Wildman–Crippen MR) is 112 cm³/mol. The highest BCUT2D eigenvalue weighted by Gasteiger charge is 2.34. The number of nitrogens with zero attached hydrogens (tertiary/aromatic N) is 1. The van der Waals surface area contributed by atoms with E-state index in [1.54, 1.807) is 0 Å². The number of aromatic nitrogens is 1. The van der Waals surface area contributed by atoms with Gasteiger partial charge in [-0.2, -0.15) is 4.57 Å². The number of Topliss-reactive ketones (excluding diaryl/α,β-unsaturated/α-hetero) is 1. The second-order valence-corrected chi connectivity index (χ2v) is 6.99. The Morgan fingerprint density at radius 2 is 1.07 bits per heavy atom. The number of halogens is 1.